The van der Waals surface area contributed by atoms with E-state index in [2.05, 4.69) is 31.1 Å². The van der Waals surface area contributed by atoms with E-state index < -0.39 is 0 Å². The largest absolute Gasteiger partial charge is 0.392 e. The molecule has 0 radical (unpaired) electrons. The first kappa shape index (κ1) is 12.0. The molecule has 16 heavy (non-hydrogen) atoms. The maximum absolute atomic E-state index is 9.63. The molecule has 0 saturated heterocycles. The van der Waals surface area contributed by atoms with E-state index in [0.29, 0.717) is 6.04 Å². The summed E-state index contributed by atoms with van der Waals surface area (Å²) < 4.78 is 0. The van der Waals surface area contributed by atoms with Gasteiger partial charge in [-0.25, -0.2) is 4.98 Å². The monoisotopic (exact) mass is 240 g/mol. The molecule has 0 bridgehead atoms. The Morgan fingerprint density at radius 2 is 2.38 bits per heavy atom. The minimum absolute atomic E-state index is 0.00481. The predicted octanol–water partition coefficient (Wildman–Crippen LogP) is 1.95. The van der Waals surface area contributed by atoms with Crippen LogP contribution in [0.5, 0.6) is 0 Å². The summed E-state index contributed by atoms with van der Waals surface area (Å²) in [6.07, 6.45) is 3.72. The molecule has 2 atom stereocenters. The summed E-state index contributed by atoms with van der Waals surface area (Å²) in [4.78, 5) is 5.72. The van der Waals surface area contributed by atoms with Gasteiger partial charge in [-0.1, -0.05) is 20.8 Å². The van der Waals surface area contributed by atoms with Gasteiger partial charge in [0.15, 0.2) is 0 Å². The number of nitrogens with one attached hydrogen (secondary N) is 1. The third-order valence-electron chi connectivity index (χ3n) is 3.67. The number of nitrogens with zero attached hydrogens (tertiary/aromatic N) is 1. The second-order valence-electron chi connectivity index (χ2n) is 5.08. The zero-order valence-corrected chi connectivity index (χ0v) is 11.0. The van der Waals surface area contributed by atoms with Crippen molar-refractivity contribution in [2.24, 2.45) is 5.41 Å². The zero-order valence-electron chi connectivity index (χ0n) is 10.2. The lowest BCUT2D eigenvalue weighted by molar-refractivity contribution is -0.0729. The van der Waals surface area contributed by atoms with E-state index in [-0.39, 0.29) is 11.5 Å². The third-order valence-corrected chi connectivity index (χ3v) is 4.81. The van der Waals surface area contributed by atoms with Crippen molar-refractivity contribution in [3.05, 3.63) is 16.1 Å². The van der Waals surface area contributed by atoms with Gasteiger partial charge >= 0.3 is 0 Å². The van der Waals surface area contributed by atoms with Crippen molar-refractivity contribution in [2.75, 3.05) is 0 Å². The Hall–Kier alpha value is -0.450. The summed E-state index contributed by atoms with van der Waals surface area (Å²) in [5.74, 6) is 0. The van der Waals surface area contributed by atoms with Crippen molar-refractivity contribution in [3.63, 3.8) is 0 Å². The lowest BCUT2D eigenvalue weighted by atomic mass is 9.64. The average molecular weight is 240 g/mol. The van der Waals surface area contributed by atoms with Gasteiger partial charge in [-0.15, -0.1) is 11.3 Å². The third kappa shape index (κ3) is 2.14. The fourth-order valence-corrected chi connectivity index (χ4v) is 2.87. The van der Waals surface area contributed by atoms with E-state index in [9.17, 15) is 5.11 Å². The smallest absolute Gasteiger partial charge is 0.107 e. The van der Waals surface area contributed by atoms with Gasteiger partial charge in [-0.2, -0.15) is 0 Å². The quantitative estimate of drug-likeness (QED) is 0.845. The van der Waals surface area contributed by atoms with Crippen LogP contribution in [-0.2, 0) is 13.0 Å². The summed E-state index contributed by atoms with van der Waals surface area (Å²) in [7, 11) is 0. The van der Waals surface area contributed by atoms with Crippen molar-refractivity contribution >= 4 is 11.3 Å². The molecule has 1 fully saturated rings. The Labute approximate surface area is 101 Å². The van der Waals surface area contributed by atoms with Crippen molar-refractivity contribution in [2.45, 2.75) is 52.3 Å². The number of hydrogen-bond acceptors (Lipinski definition) is 4. The normalized spacial score (nSPS) is 27.8. The van der Waals surface area contributed by atoms with Gasteiger partial charge in [-0.05, 0) is 12.8 Å². The fourth-order valence-electron chi connectivity index (χ4n) is 2.05. The molecule has 1 aliphatic rings. The van der Waals surface area contributed by atoms with E-state index in [0.717, 1.165) is 24.4 Å². The van der Waals surface area contributed by atoms with Gasteiger partial charge in [0.1, 0.15) is 5.01 Å². The number of thiazole rings is 1. The Bertz CT molecular complexity index is 362. The molecule has 3 nitrogen and oxygen atoms in total. The minimum Gasteiger partial charge on any atom is -0.392 e. The molecule has 4 heteroatoms. The van der Waals surface area contributed by atoms with Crippen LogP contribution in [0.25, 0.3) is 0 Å². The molecule has 0 amide bonds. The summed E-state index contributed by atoms with van der Waals surface area (Å²) in [5.41, 5.74) is 0.00481. The van der Waals surface area contributed by atoms with Crippen LogP contribution in [-0.4, -0.2) is 22.2 Å². The number of aromatic nitrogens is 1. The molecule has 2 N–H and O–H groups in total. The molecular formula is C12H20N2OS. The van der Waals surface area contributed by atoms with Gasteiger partial charge in [0.05, 0.1) is 6.10 Å². The first-order chi connectivity index (χ1) is 7.54. The van der Waals surface area contributed by atoms with E-state index in [1.165, 1.54) is 4.88 Å². The van der Waals surface area contributed by atoms with Crippen LogP contribution in [0.4, 0.5) is 0 Å². The summed E-state index contributed by atoms with van der Waals surface area (Å²) in [5, 5.41) is 14.3. The lowest BCUT2D eigenvalue weighted by Gasteiger charge is -2.49. The number of aliphatic hydroxyl groups excluding tert-OH is 1. The lowest BCUT2D eigenvalue weighted by Crippen LogP contribution is -2.59. The summed E-state index contributed by atoms with van der Waals surface area (Å²) in [6.45, 7) is 7.19. The van der Waals surface area contributed by atoms with Crippen molar-refractivity contribution < 1.29 is 5.11 Å². The average Bonchev–Trinajstić information content (AvgIpc) is 2.71. The molecule has 0 aliphatic heterocycles. The first-order valence-corrected chi connectivity index (χ1v) is 6.70. The van der Waals surface area contributed by atoms with E-state index >= 15 is 0 Å². The summed E-state index contributed by atoms with van der Waals surface area (Å²) in [6, 6.07) is 0.413. The molecule has 1 saturated carbocycles. The van der Waals surface area contributed by atoms with Gasteiger partial charge in [0, 0.05) is 29.1 Å². The number of aliphatic hydroxyl groups is 1. The molecule has 2 unspecified atom stereocenters. The Morgan fingerprint density at radius 3 is 2.88 bits per heavy atom. The number of rotatable bonds is 4. The van der Waals surface area contributed by atoms with Gasteiger partial charge in [0.25, 0.3) is 0 Å². The minimum atomic E-state index is -0.160. The molecule has 2 rings (SSSR count). The highest BCUT2D eigenvalue weighted by Crippen LogP contribution is 2.40. The van der Waals surface area contributed by atoms with Crippen LogP contribution in [0, 0.1) is 5.41 Å². The van der Waals surface area contributed by atoms with Crippen LogP contribution >= 0.6 is 11.3 Å². The molecule has 90 valence electrons. The second-order valence-corrected chi connectivity index (χ2v) is 6.28. The van der Waals surface area contributed by atoms with Crippen LogP contribution in [0.2, 0.25) is 0 Å². The summed E-state index contributed by atoms with van der Waals surface area (Å²) >= 11 is 1.77. The van der Waals surface area contributed by atoms with Crippen LogP contribution in [0.1, 0.15) is 37.1 Å². The second kappa shape index (κ2) is 4.43. The van der Waals surface area contributed by atoms with E-state index in [1.807, 2.05) is 6.20 Å². The molecular weight excluding hydrogens is 220 g/mol. The standard InChI is InChI=1S/C12H20N2OS/c1-4-8-6-14-11(16-8)7-13-9-5-10(15)12(9,2)3/h6,9-10,13,15H,4-5,7H2,1-3H3. The molecule has 1 aromatic heterocycles. The first-order valence-electron chi connectivity index (χ1n) is 5.89. The molecule has 1 aromatic rings. The highest BCUT2D eigenvalue weighted by molar-refractivity contribution is 7.11. The fraction of sp³-hybridized carbons (Fsp3) is 0.750. The van der Waals surface area contributed by atoms with Crippen LogP contribution in [0.15, 0.2) is 6.20 Å². The van der Waals surface area contributed by atoms with Crippen LogP contribution < -0.4 is 5.32 Å². The zero-order chi connectivity index (χ0) is 11.8. The van der Waals surface area contributed by atoms with E-state index in [1.54, 1.807) is 11.3 Å². The van der Waals surface area contributed by atoms with Gasteiger partial charge in [0.2, 0.25) is 0 Å². The number of hydrogen-bond donors (Lipinski definition) is 2. The van der Waals surface area contributed by atoms with Crippen molar-refractivity contribution in [1.82, 2.24) is 10.3 Å². The van der Waals surface area contributed by atoms with Gasteiger partial charge < -0.3 is 10.4 Å². The highest BCUT2D eigenvalue weighted by atomic mass is 32.1. The SMILES string of the molecule is CCc1cnc(CNC2CC(O)C2(C)C)s1. The maximum Gasteiger partial charge on any atom is 0.107 e. The Balaban J connectivity index is 1.84. The predicted molar refractivity (Wildman–Crippen MR) is 66.5 cm³/mol. The number of aryl methyl sites for hydroxylation is 1. The van der Waals surface area contributed by atoms with Crippen molar-refractivity contribution in [3.8, 4) is 0 Å². The topological polar surface area (TPSA) is 45.2 Å². The maximum atomic E-state index is 9.63. The van der Waals surface area contributed by atoms with Crippen LogP contribution in [0.3, 0.4) is 0 Å². The highest BCUT2D eigenvalue weighted by Gasteiger charge is 2.46. The molecule has 0 spiro atoms. The Morgan fingerprint density at radius 1 is 1.62 bits per heavy atom. The van der Waals surface area contributed by atoms with E-state index in [4.69, 9.17) is 0 Å². The molecule has 1 aliphatic carbocycles. The Kier molecular flexibility index (Phi) is 3.33. The molecule has 1 heterocycles. The molecule has 0 aromatic carbocycles. The van der Waals surface area contributed by atoms with Gasteiger partial charge in [-0.3, -0.25) is 0 Å². The van der Waals surface area contributed by atoms with Crippen molar-refractivity contribution in [1.29, 1.82) is 0 Å².